The molecule has 7 nitrogen and oxygen atoms in total. The maximum absolute atomic E-state index is 10.4. The Labute approximate surface area is 142 Å². The number of rotatable bonds is 3. The van der Waals surface area contributed by atoms with Crippen LogP contribution in [0.4, 0.5) is 0 Å². The lowest BCUT2D eigenvalue weighted by Gasteiger charge is -2.03. The van der Waals surface area contributed by atoms with Gasteiger partial charge in [-0.05, 0) is 13.8 Å². The molecule has 138 valence electrons. The van der Waals surface area contributed by atoms with E-state index >= 15 is 0 Å². The van der Waals surface area contributed by atoms with E-state index in [4.69, 9.17) is 14.6 Å². The number of carbonyl (C=O) groups excluding carboxylic acids is 3. The second kappa shape index (κ2) is 10.8. The van der Waals surface area contributed by atoms with Crippen molar-refractivity contribution in [3.63, 3.8) is 0 Å². The number of hydrogen-bond acceptors (Lipinski definition) is 6. The summed E-state index contributed by atoms with van der Waals surface area (Å²) < 4.78 is 9.67. The molecular formula is C17H28O7. The normalized spacial score (nSPS) is 29.2. The highest BCUT2D eigenvalue weighted by atomic mass is 16.6. The summed E-state index contributed by atoms with van der Waals surface area (Å²) in [6.45, 7) is 9.47. The standard InChI is InChI=1S/2C6H10O2.C5H8O3/c2*1-4-3-6(7)8-5(4)2;1-4(3-6)2-5(7)8/h2*4-5H,3H2,1-2H3;3-4H,2H2,1H3,(H,7,8). The molecule has 2 heterocycles. The fraction of sp³-hybridized carbons (Fsp3) is 0.765. The maximum Gasteiger partial charge on any atom is 0.306 e. The number of aliphatic carboxylic acids is 1. The first-order chi connectivity index (χ1) is 11.1. The van der Waals surface area contributed by atoms with Crippen LogP contribution in [0.3, 0.4) is 0 Å². The van der Waals surface area contributed by atoms with Crippen molar-refractivity contribution in [1.29, 1.82) is 0 Å². The van der Waals surface area contributed by atoms with Crippen LogP contribution in [0.2, 0.25) is 0 Å². The molecule has 5 unspecified atom stereocenters. The van der Waals surface area contributed by atoms with E-state index in [-0.39, 0.29) is 36.5 Å². The monoisotopic (exact) mass is 344 g/mol. The van der Waals surface area contributed by atoms with Gasteiger partial charge in [0.1, 0.15) is 18.5 Å². The van der Waals surface area contributed by atoms with Crippen LogP contribution in [-0.2, 0) is 28.7 Å². The zero-order chi connectivity index (χ0) is 18.9. The molecular weight excluding hydrogens is 316 g/mol. The Kier molecular flexibility index (Phi) is 9.92. The number of hydrogen-bond donors (Lipinski definition) is 1. The maximum atomic E-state index is 10.4. The van der Waals surface area contributed by atoms with Crippen molar-refractivity contribution in [1.82, 2.24) is 0 Å². The molecule has 0 bridgehead atoms. The first-order valence-electron chi connectivity index (χ1n) is 8.12. The molecule has 2 aliphatic heterocycles. The molecule has 0 aliphatic carbocycles. The van der Waals surface area contributed by atoms with Crippen molar-refractivity contribution in [3.8, 4) is 0 Å². The number of carbonyl (C=O) groups is 4. The van der Waals surface area contributed by atoms with Gasteiger partial charge in [-0.15, -0.1) is 0 Å². The average molecular weight is 344 g/mol. The zero-order valence-electron chi connectivity index (χ0n) is 15.0. The lowest BCUT2D eigenvalue weighted by molar-refractivity contribution is -0.141. The minimum absolute atomic E-state index is 0.0509. The van der Waals surface area contributed by atoms with E-state index in [1.54, 1.807) is 6.92 Å². The van der Waals surface area contributed by atoms with Crippen molar-refractivity contribution in [2.75, 3.05) is 0 Å². The van der Waals surface area contributed by atoms with Crippen LogP contribution in [0.25, 0.3) is 0 Å². The molecule has 24 heavy (non-hydrogen) atoms. The summed E-state index contributed by atoms with van der Waals surface area (Å²) in [4.78, 5) is 40.5. The highest BCUT2D eigenvalue weighted by Gasteiger charge is 2.27. The Balaban J connectivity index is 0.000000331. The van der Waals surface area contributed by atoms with E-state index < -0.39 is 5.97 Å². The Morgan fingerprint density at radius 2 is 1.46 bits per heavy atom. The fourth-order valence-corrected chi connectivity index (χ4v) is 1.92. The zero-order valence-corrected chi connectivity index (χ0v) is 15.0. The average Bonchev–Trinajstić information content (AvgIpc) is 2.91. The van der Waals surface area contributed by atoms with Crippen molar-refractivity contribution >= 4 is 24.2 Å². The molecule has 0 amide bonds. The highest BCUT2D eigenvalue weighted by molar-refractivity contribution is 5.72. The van der Waals surface area contributed by atoms with E-state index in [1.165, 1.54) is 0 Å². The van der Waals surface area contributed by atoms with E-state index in [2.05, 4.69) is 0 Å². The van der Waals surface area contributed by atoms with Gasteiger partial charge in [0.05, 0.1) is 19.3 Å². The highest BCUT2D eigenvalue weighted by Crippen LogP contribution is 2.20. The third-order valence-electron chi connectivity index (χ3n) is 3.94. The van der Waals surface area contributed by atoms with Crippen molar-refractivity contribution < 1.29 is 33.8 Å². The van der Waals surface area contributed by atoms with Gasteiger partial charge in [-0.1, -0.05) is 20.8 Å². The summed E-state index contributed by atoms with van der Waals surface area (Å²) in [5.41, 5.74) is 0. The molecule has 2 rings (SSSR count). The van der Waals surface area contributed by atoms with Gasteiger partial charge in [-0.3, -0.25) is 14.4 Å². The van der Waals surface area contributed by atoms with Crippen LogP contribution in [0.1, 0.15) is 53.9 Å². The predicted molar refractivity (Wildman–Crippen MR) is 86.2 cm³/mol. The van der Waals surface area contributed by atoms with E-state index in [1.807, 2.05) is 27.7 Å². The molecule has 2 aliphatic rings. The van der Waals surface area contributed by atoms with Crippen LogP contribution in [0.5, 0.6) is 0 Å². The Morgan fingerprint density at radius 3 is 1.54 bits per heavy atom. The number of ether oxygens (including phenoxy) is 2. The Hall–Kier alpha value is -1.92. The molecule has 0 aromatic heterocycles. The molecule has 0 radical (unpaired) electrons. The van der Waals surface area contributed by atoms with Gasteiger partial charge in [0.2, 0.25) is 0 Å². The topological polar surface area (TPSA) is 107 Å². The van der Waals surface area contributed by atoms with E-state index in [0.717, 1.165) is 0 Å². The van der Waals surface area contributed by atoms with Gasteiger partial charge >= 0.3 is 17.9 Å². The lowest BCUT2D eigenvalue weighted by Crippen LogP contribution is -2.06. The summed E-state index contributed by atoms with van der Waals surface area (Å²) in [5.74, 6) is -0.544. The van der Waals surface area contributed by atoms with Crippen LogP contribution in [-0.4, -0.2) is 41.5 Å². The van der Waals surface area contributed by atoms with Crippen molar-refractivity contribution in [2.45, 2.75) is 66.1 Å². The summed E-state index contributed by atoms with van der Waals surface area (Å²) >= 11 is 0. The molecule has 1 N–H and O–H groups in total. The molecule has 5 atom stereocenters. The number of aldehydes is 1. The number of carboxylic acid groups (broad SMARTS) is 1. The second-order valence-electron chi connectivity index (χ2n) is 6.46. The van der Waals surface area contributed by atoms with E-state index in [9.17, 15) is 19.2 Å². The minimum Gasteiger partial charge on any atom is -0.481 e. The first-order valence-corrected chi connectivity index (χ1v) is 8.12. The molecule has 2 fully saturated rings. The molecule has 0 aromatic carbocycles. The summed E-state index contributed by atoms with van der Waals surface area (Å²) in [7, 11) is 0. The van der Waals surface area contributed by atoms with Crippen LogP contribution in [0.15, 0.2) is 0 Å². The third kappa shape index (κ3) is 9.27. The Morgan fingerprint density at radius 1 is 1.08 bits per heavy atom. The van der Waals surface area contributed by atoms with Gasteiger partial charge in [0.15, 0.2) is 0 Å². The van der Waals surface area contributed by atoms with Crippen molar-refractivity contribution in [3.05, 3.63) is 0 Å². The third-order valence-corrected chi connectivity index (χ3v) is 3.94. The van der Waals surface area contributed by atoms with Gasteiger partial charge in [-0.25, -0.2) is 0 Å². The lowest BCUT2D eigenvalue weighted by atomic mass is 10.1. The van der Waals surface area contributed by atoms with E-state index in [0.29, 0.717) is 31.0 Å². The molecule has 2 saturated heterocycles. The molecule has 0 aromatic rings. The number of esters is 2. The summed E-state index contributed by atoms with van der Waals surface area (Å²) in [6.07, 6.45) is 2.05. The van der Waals surface area contributed by atoms with Gasteiger partial charge in [0, 0.05) is 17.8 Å². The molecule has 0 saturated carbocycles. The Bertz CT molecular complexity index is 394. The summed E-state index contributed by atoms with van der Waals surface area (Å²) in [6, 6.07) is 0. The number of cyclic esters (lactones) is 2. The van der Waals surface area contributed by atoms with Crippen LogP contribution < -0.4 is 0 Å². The predicted octanol–water partition coefficient (Wildman–Crippen LogP) is 2.21. The number of carboxylic acids is 1. The second-order valence-corrected chi connectivity index (χ2v) is 6.46. The van der Waals surface area contributed by atoms with Crippen molar-refractivity contribution in [2.24, 2.45) is 17.8 Å². The largest absolute Gasteiger partial charge is 0.481 e. The quantitative estimate of drug-likeness (QED) is 0.618. The first kappa shape index (κ1) is 22.1. The smallest absolute Gasteiger partial charge is 0.306 e. The van der Waals surface area contributed by atoms with Gasteiger partial charge in [0.25, 0.3) is 0 Å². The minimum atomic E-state index is -0.926. The molecule has 7 heteroatoms. The van der Waals surface area contributed by atoms with Gasteiger partial charge in [-0.2, -0.15) is 0 Å². The van der Waals surface area contributed by atoms with Crippen LogP contribution in [0, 0.1) is 17.8 Å². The SMILES string of the molecule is CC(C=O)CC(=O)O.CC1CC(=O)OC1C.CC1CC(=O)OC1C. The van der Waals surface area contributed by atoms with Gasteiger partial charge < -0.3 is 19.4 Å². The van der Waals surface area contributed by atoms with Crippen LogP contribution >= 0.6 is 0 Å². The molecule has 0 spiro atoms. The fourth-order valence-electron chi connectivity index (χ4n) is 1.92. The summed E-state index contributed by atoms with van der Waals surface area (Å²) in [5, 5.41) is 8.06.